The van der Waals surface area contributed by atoms with Crippen molar-refractivity contribution in [1.29, 1.82) is 0 Å². The van der Waals surface area contributed by atoms with E-state index in [1.165, 1.54) is 18.2 Å². The van der Waals surface area contributed by atoms with E-state index < -0.39 is 24.4 Å². The zero-order chi connectivity index (χ0) is 19.1. The first kappa shape index (κ1) is 19.8. The molecule has 2 rings (SSSR count). The van der Waals surface area contributed by atoms with Gasteiger partial charge in [0.05, 0.1) is 10.0 Å². The Morgan fingerprint density at radius 1 is 1.04 bits per heavy atom. The molecule has 0 unspecified atom stereocenters. The van der Waals surface area contributed by atoms with Crippen molar-refractivity contribution in [2.75, 3.05) is 18.5 Å². The second kappa shape index (κ2) is 9.22. The molecule has 2 N–H and O–H groups in total. The van der Waals surface area contributed by atoms with E-state index in [1.54, 1.807) is 12.1 Å². The van der Waals surface area contributed by atoms with Crippen LogP contribution in [0.1, 0.15) is 15.9 Å². The van der Waals surface area contributed by atoms with E-state index in [1.807, 2.05) is 19.1 Å². The smallest absolute Gasteiger partial charge is 0.325 e. The molecule has 0 atom stereocenters. The number of benzene rings is 2. The molecule has 0 heterocycles. The third-order valence-electron chi connectivity index (χ3n) is 3.36. The van der Waals surface area contributed by atoms with Crippen LogP contribution in [0.15, 0.2) is 42.5 Å². The molecule has 0 aromatic heterocycles. The molecule has 0 spiro atoms. The molecule has 0 saturated heterocycles. The Bertz CT molecular complexity index is 840. The average Bonchev–Trinajstić information content (AvgIpc) is 2.62. The molecule has 8 heteroatoms. The van der Waals surface area contributed by atoms with E-state index in [2.05, 4.69) is 10.6 Å². The SMILES string of the molecule is Cc1ccccc1NC(=O)COC(=O)CNC(=O)c1ccc(Cl)c(Cl)c1. The lowest BCUT2D eigenvalue weighted by atomic mass is 10.2. The molecular weight excluding hydrogens is 379 g/mol. The number of para-hydroxylation sites is 1. The molecule has 0 bridgehead atoms. The summed E-state index contributed by atoms with van der Waals surface area (Å²) in [5.41, 5.74) is 1.78. The number of amides is 2. The van der Waals surface area contributed by atoms with Gasteiger partial charge in [0, 0.05) is 11.3 Å². The Morgan fingerprint density at radius 2 is 1.77 bits per heavy atom. The van der Waals surface area contributed by atoms with Crippen molar-refractivity contribution >= 4 is 46.7 Å². The van der Waals surface area contributed by atoms with E-state index in [9.17, 15) is 14.4 Å². The summed E-state index contributed by atoms with van der Waals surface area (Å²) in [5.74, 6) is -1.72. The van der Waals surface area contributed by atoms with Crippen molar-refractivity contribution in [3.8, 4) is 0 Å². The number of hydrogen-bond acceptors (Lipinski definition) is 4. The predicted molar refractivity (Wildman–Crippen MR) is 99.6 cm³/mol. The highest BCUT2D eigenvalue weighted by molar-refractivity contribution is 6.42. The van der Waals surface area contributed by atoms with Gasteiger partial charge in [0.1, 0.15) is 6.54 Å². The fourth-order valence-corrected chi connectivity index (χ4v) is 2.29. The monoisotopic (exact) mass is 394 g/mol. The van der Waals surface area contributed by atoms with E-state index in [-0.39, 0.29) is 17.1 Å². The second-order valence-corrected chi connectivity index (χ2v) is 6.15. The number of nitrogens with one attached hydrogen (secondary N) is 2. The molecule has 2 aromatic rings. The highest BCUT2D eigenvalue weighted by atomic mass is 35.5. The number of halogens is 2. The number of hydrogen-bond donors (Lipinski definition) is 2. The van der Waals surface area contributed by atoms with E-state index >= 15 is 0 Å². The molecule has 0 aliphatic carbocycles. The minimum Gasteiger partial charge on any atom is -0.454 e. The average molecular weight is 395 g/mol. The Hall–Kier alpha value is -2.57. The van der Waals surface area contributed by atoms with Crippen molar-refractivity contribution in [1.82, 2.24) is 5.32 Å². The van der Waals surface area contributed by atoms with Crippen LogP contribution in [0.3, 0.4) is 0 Å². The quantitative estimate of drug-likeness (QED) is 0.736. The van der Waals surface area contributed by atoms with E-state index in [4.69, 9.17) is 27.9 Å². The molecule has 6 nitrogen and oxygen atoms in total. The molecule has 0 radical (unpaired) electrons. The molecule has 2 aromatic carbocycles. The molecule has 0 fully saturated rings. The van der Waals surface area contributed by atoms with Gasteiger partial charge in [-0.1, -0.05) is 41.4 Å². The van der Waals surface area contributed by atoms with Crippen molar-refractivity contribution < 1.29 is 19.1 Å². The Kier molecular flexibility index (Phi) is 7.00. The molecule has 0 aliphatic rings. The number of aryl methyl sites for hydroxylation is 1. The number of carbonyl (C=O) groups is 3. The number of carbonyl (C=O) groups excluding carboxylic acids is 3. The molecule has 2 amide bonds. The number of anilines is 1. The zero-order valence-electron chi connectivity index (χ0n) is 13.8. The normalized spacial score (nSPS) is 10.1. The number of rotatable bonds is 6. The van der Waals surface area contributed by atoms with Crippen LogP contribution in [-0.4, -0.2) is 30.9 Å². The zero-order valence-corrected chi connectivity index (χ0v) is 15.4. The maximum Gasteiger partial charge on any atom is 0.325 e. The molecule has 26 heavy (non-hydrogen) atoms. The summed E-state index contributed by atoms with van der Waals surface area (Å²) < 4.78 is 4.83. The molecular formula is C18H16Cl2N2O4. The highest BCUT2D eigenvalue weighted by Gasteiger charge is 2.12. The largest absolute Gasteiger partial charge is 0.454 e. The van der Waals surface area contributed by atoms with Crippen molar-refractivity contribution in [2.24, 2.45) is 0 Å². The topological polar surface area (TPSA) is 84.5 Å². The minimum absolute atomic E-state index is 0.231. The van der Waals surface area contributed by atoms with Crippen LogP contribution in [0.4, 0.5) is 5.69 Å². The summed E-state index contributed by atoms with van der Waals surface area (Å²) in [6, 6.07) is 11.6. The third kappa shape index (κ3) is 5.75. The van der Waals surface area contributed by atoms with Gasteiger partial charge in [0.25, 0.3) is 11.8 Å². The maximum atomic E-state index is 11.9. The molecule has 0 saturated carbocycles. The van der Waals surface area contributed by atoms with Crippen LogP contribution in [0.5, 0.6) is 0 Å². The van der Waals surface area contributed by atoms with Gasteiger partial charge in [-0.05, 0) is 36.8 Å². The molecule has 0 aliphatic heterocycles. The van der Waals surface area contributed by atoms with E-state index in [0.29, 0.717) is 10.7 Å². The van der Waals surface area contributed by atoms with Crippen LogP contribution in [0, 0.1) is 6.92 Å². The first-order chi connectivity index (χ1) is 12.4. The summed E-state index contributed by atoms with van der Waals surface area (Å²) in [6.45, 7) is 1.02. The summed E-state index contributed by atoms with van der Waals surface area (Å²) in [6.07, 6.45) is 0. The van der Waals surface area contributed by atoms with Gasteiger partial charge in [-0.3, -0.25) is 14.4 Å². The first-order valence-electron chi connectivity index (χ1n) is 7.61. The predicted octanol–water partition coefficient (Wildman–Crippen LogP) is 3.21. The van der Waals surface area contributed by atoms with Crippen LogP contribution in [0.2, 0.25) is 10.0 Å². The lowest BCUT2D eigenvalue weighted by Crippen LogP contribution is -2.32. The van der Waals surface area contributed by atoms with Gasteiger partial charge >= 0.3 is 5.97 Å². The summed E-state index contributed by atoms with van der Waals surface area (Å²) >= 11 is 11.6. The summed E-state index contributed by atoms with van der Waals surface area (Å²) in [7, 11) is 0. The van der Waals surface area contributed by atoms with Crippen LogP contribution in [0.25, 0.3) is 0 Å². The van der Waals surface area contributed by atoms with Gasteiger partial charge in [-0.2, -0.15) is 0 Å². The van der Waals surface area contributed by atoms with Gasteiger partial charge in [0.15, 0.2) is 6.61 Å². The Morgan fingerprint density at radius 3 is 2.46 bits per heavy atom. The van der Waals surface area contributed by atoms with Crippen LogP contribution in [-0.2, 0) is 14.3 Å². The van der Waals surface area contributed by atoms with Gasteiger partial charge in [0.2, 0.25) is 0 Å². The minimum atomic E-state index is -0.738. The summed E-state index contributed by atoms with van der Waals surface area (Å²) in [5, 5.41) is 5.57. The van der Waals surface area contributed by atoms with Crippen LogP contribution >= 0.6 is 23.2 Å². The van der Waals surface area contributed by atoms with Crippen LogP contribution < -0.4 is 10.6 Å². The maximum absolute atomic E-state index is 11.9. The number of esters is 1. The lowest BCUT2D eigenvalue weighted by Gasteiger charge is -2.09. The van der Waals surface area contributed by atoms with Gasteiger partial charge < -0.3 is 15.4 Å². The third-order valence-corrected chi connectivity index (χ3v) is 4.10. The van der Waals surface area contributed by atoms with Crippen molar-refractivity contribution in [3.63, 3.8) is 0 Å². The Balaban J connectivity index is 1.76. The lowest BCUT2D eigenvalue weighted by molar-refractivity contribution is -0.146. The Labute approximate surface area is 160 Å². The number of ether oxygens (including phenoxy) is 1. The summed E-state index contributed by atoms with van der Waals surface area (Å²) in [4.78, 5) is 35.4. The standard InChI is InChI=1S/C18H16Cl2N2O4/c1-11-4-2-3-5-15(11)22-16(23)10-26-17(24)9-21-18(25)12-6-7-13(19)14(20)8-12/h2-8H,9-10H2,1H3,(H,21,25)(H,22,23). The van der Waals surface area contributed by atoms with Gasteiger partial charge in [-0.15, -0.1) is 0 Å². The first-order valence-corrected chi connectivity index (χ1v) is 8.37. The van der Waals surface area contributed by atoms with Crippen molar-refractivity contribution in [3.05, 3.63) is 63.6 Å². The van der Waals surface area contributed by atoms with E-state index in [0.717, 1.165) is 5.56 Å². The van der Waals surface area contributed by atoms with Gasteiger partial charge in [-0.25, -0.2) is 0 Å². The fourth-order valence-electron chi connectivity index (χ4n) is 1.99. The fraction of sp³-hybridized carbons (Fsp3) is 0.167. The molecule has 136 valence electrons. The second-order valence-electron chi connectivity index (χ2n) is 5.34. The van der Waals surface area contributed by atoms with Crippen molar-refractivity contribution in [2.45, 2.75) is 6.92 Å². The highest BCUT2D eigenvalue weighted by Crippen LogP contribution is 2.22.